The maximum absolute atomic E-state index is 13.0. The quantitative estimate of drug-likeness (QED) is 0.272. The molecular formula is C21H19ClN8O5. The van der Waals surface area contributed by atoms with Gasteiger partial charge >= 0.3 is 0 Å². The Bertz CT molecular complexity index is 1400. The molecule has 0 saturated heterocycles. The van der Waals surface area contributed by atoms with Crippen LogP contribution in [0.1, 0.15) is 16.1 Å². The van der Waals surface area contributed by atoms with Crippen LogP contribution in [0.15, 0.2) is 46.1 Å². The van der Waals surface area contributed by atoms with Crippen molar-refractivity contribution < 1.29 is 23.6 Å². The Balaban J connectivity index is 1.69. The number of methoxy groups -OCH3 is 3. The second-order valence-corrected chi connectivity index (χ2v) is 7.21. The Hall–Kier alpha value is -4.65. The number of rotatable bonds is 8. The highest BCUT2D eigenvalue weighted by atomic mass is 35.5. The molecule has 35 heavy (non-hydrogen) atoms. The van der Waals surface area contributed by atoms with Crippen molar-refractivity contribution in [3.8, 4) is 34.3 Å². The molecule has 0 unspecified atom stereocenters. The van der Waals surface area contributed by atoms with Crippen LogP contribution in [0.2, 0.25) is 5.02 Å². The third kappa shape index (κ3) is 4.56. The van der Waals surface area contributed by atoms with Crippen molar-refractivity contribution in [3.63, 3.8) is 0 Å². The standard InChI is InChI=1S/C21H19ClN8O5/c1-32-14-9-16(34-3)15(33-2)8-11(14)10-24-26-21(31)17-18(12-6-4-5-7-13(12)22)30(29-25-17)20-19(23)27-35-28-20/h4-10H,1-3H3,(H2,23,27)(H,26,31). The highest BCUT2D eigenvalue weighted by molar-refractivity contribution is 6.33. The number of halogens is 1. The summed E-state index contributed by atoms with van der Waals surface area (Å²) in [6.07, 6.45) is 1.39. The summed E-state index contributed by atoms with van der Waals surface area (Å²) in [4.78, 5) is 13.0. The summed E-state index contributed by atoms with van der Waals surface area (Å²) in [6.45, 7) is 0. The number of carbonyl (C=O) groups excluding carboxylic acids is 1. The van der Waals surface area contributed by atoms with E-state index in [1.165, 1.54) is 32.2 Å². The molecule has 0 atom stereocenters. The normalized spacial score (nSPS) is 11.0. The number of hydrogen-bond acceptors (Lipinski definition) is 11. The van der Waals surface area contributed by atoms with Gasteiger partial charge in [-0.25, -0.2) is 10.1 Å². The second-order valence-electron chi connectivity index (χ2n) is 6.80. The van der Waals surface area contributed by atoms with Crippen molar-refractivity contribution in [1.82, 2.24) is 30.7 Å². The maximum atomic E-state index is 13.0. The Morgan fingerprint density at radius 2 is 1.83 bits per heavy atom. The van der Waals surface area contributed by atoms with E-state index in [1.807, 2.05) is 0 Å². The second kappa shape index (κ2) is 10.1. The lowest BCUT2D eigenvalue weighted by Crippen LogP contribution is -2.19. The molecule has 0 radical (unpaired) electrons. The van der Waals surface area contributed by atoms with Crippen LogP contribution in [0.5, 0.6) is 17.2 Å². The van der Waals surface area contributed by atoms with Crippen molar-refractivity contribution in [3.05, 3.63) is 52.7 Å². The zero-order chi connectivity index (χ0) is 24.9. The van der Waals surface area contributed by atoms with E-state index in [1.54, 1.807) is 36.4 Å². The van der Waals surface area contributed by atoms with E-state index in [-0.39, 0.29) is 23.0 Å². The zero-order valence-electron chi connectivity index (χ0n) is 18.7. The minimum absolute atomic E-state index is 0.0463. The maximum Gasteiger partial charge on any atom is 0.294 e. The van der Waals surface area contributed by atoms with Gasteiger partial charge in [0.05, 0.1) is 32.6 Å². The summed E-state index contributed by atoms with van der Waals surface area (Å²) in [5.74, 6) is 0.727. The molecule has 0 aliphatic rings. The van der Waals surface area contributed by atoms with Gasteiger partial charge in [0.15, 0.2) is 17.2 Å². The van der Waals surface area contributed by atoms with Gasteiger partial charge in [-0.05, 0) is 22.4 Å². The third-order valence-corrected chi connectivity index (χ3v) is 5.15. The summed E-state index contributed by atoms with van der Waals surface area (Å²) in [5, 5.41) is 19.6. The fourth-order valence-electron chi connectivity index (χ4n) is 3.18. The highest BCUT2D eigenvalue weighted by Gasteiger charge is 2.26. The van der Waals surface area contributed by atoms with E-state index in [0.717, 1.165) is 0 Å². The molecule has 0 spiro atoms. The van der Waals surface area contributed by atoms with Crippen molar-refractivity contribution in [1.29, 1.82) is 0 Å². The third-order valence-electron chi connectivity index (χ3n) is 4.82. The first-order chi connectivity index (χ1) is 17.0. The van der Waals surface area contributed by atoms with Gasteiger partial charge in [-0.1, -0.05) is 35.0 Å². The number of anilines is 1. The first-order valence-corrected chi connectivity index (χ1v) is 10.3. The smallest absolute Gasteiger partial charge is 0.294 e. The number of nitrogens with two attached hydrogens (primary N) is 1. The molecule has 0 aliphatic carbocycles. The number of carbonyl (C=O) groups is 1. The van der Waals surface area contributed by atoms with E-state index in [2.05, 4.69) is 35.8 Å². The van der Waals surface area contributed by atoms with E-state index in [9.17, 15) is 4.79 Å². The summed E-state index contributed by atoms with van der Waals surface area (Å²) in [6, 6.07) is 10.1. The van der Waals surface area contributed by atoms with Crippen molar-refractivity contribution >= 4 is 29.5 Å². The molecule has 2 aromatic carbocycles. The lowest BCUT2D eigenvalue weighted by atomic mass is 10.1. The largest absolute Gasteiger partial charge is 0.496 e. The van der Waals surface area contributed by atoms with Crippen LogP contribution in [0.3, 0.4) is 0 Å². The molecule has 180 valence electrons. The fourth-order valence-corrected chi connectivity index (χ4v) is 3.41. The number of nitrogen functional groups attached to an aromatic ring is 1. The van der Waals surface area contributed by atoms with E-state index in [4.69, 9.17) is 31.5 Å². The molecule has 4 rings (SSSR count). The average molecular weight is 499 g/mol. The molecule has 2 heterocycles. The number of amides is 1. The monoisotopic (exact) mass is 498 g/mol. The van der Waals surface area contributed by atoms with Crippen molar-refractivity contribution in [2.75, 3.05) is 27.1 Å². The lowest BCUT2D eigenvalue weighted by Gasteiger charge is -2.11. The zero-order valence-corrected chi connectivity index (χ0v) is 19.5. The minimum Gasteiger partial charge on any atom is -0.496 e. The van der Waals surface area contributed by atoms with Crippen LogP contribution in [0.4, 0.5) is 5.82 Å². The number of benzene rings is 2. The molecule has 13 nitrogen and oxygen atoms in total. The van der Waals surface area contributed by atoms with Gasteiger partial charge < -0.3 is 19.9 Å². The Morgan fingerprint density at radius 3 is 2.49 bits per heavy atom. The van der Waals surface area contributed by atoms with E-state index >= 15 is 0 Å². The summed E-state index contributed by atoms with van der Waals surface area (Å²) < 4.78 is 21.8. The molecule has 1 amide bonds. The molecule has 0 fully saturated rings. The first kappa shape index (κ1) is 23.5. The molecule has 0 bridgehead atoms. The number of hydrogen-bond donors (Lipinski definition) is 2. The minimum atomic E-state index is -0.670. The number of ether oxygens (including phenoxy) is 3. The van der Waals surface area contributed by atoms with Gasteiger partial charge in [-0.15, -0.1) is 5.10 Å². The number of nitrogens with one attached hydrogen (secondary N) is 1. The van der Waals surface area contributed by atoms with Crippen LogP contribution in [-0.2, 0) is 0 Å². The SMILES string of the molecule is COc1cc(OC)c(OC)cc1C=NNC(=O)c1nnn(-c2nonc2N)c1-c1ccccc1Cl. The molecule has 14 heteroatoms. The van der Waals surface area contributed by atoms with Crippen LogP contribution in [0.25, 0.3) is 17.1 Å². The Labute approximate surface area is 203 Å². The summed E-state index contributed by atoms with van der Waals surface area (Å²) in [7, 11) is 4.51. The Morgan fingerprint density at radius 1 is 1.11 bits per heavy atom. The van der Waals surface area contributed by atoms with Crippen LogP contribution in [-0.4, -0.2) is 58.8 Å². The molecule has 2 aromatic heterocycles. The average Bonchev–Trinajstić information content (AvgIpc) is 3.49. The first-order valence-electron chi connectivity index (χ1n) is 9.90. The molecule has 0 saturated carbocycles. The van der Waals surface area contributed by atoms with Crippen molar-refractivity contribution in [2.45, 2.75) is 0 Å². The van der Waals surface area contributed by atoms with Gasteiger partial charge in [-0.3, -0.25) is 4.79 Å². The molecular weight excluding hydrogens is 480 g/mol. The van der Waals surface area contributed by atoms with Gasteiger partial charge in [-0.2, -0.15) is 9.78 Å². The van der Waals surface area contributed by atoms with Gasteiger partial charge in [0.2, 0.25) is 11.6 Å². The van der Waals surface area contributed by atoms with E-state index < -0.39 is 5.91 Å². The summed E-state index contributed by atoms with van der Waals surface area (Å²) in [5.41, 5.74) is 9.35. The van der Waals surface area contributed by atoms with Crippen LogP contribution < -0.4 is 25.4 Å². The molecule has 4 aromatic rings. The van der Waals surface area contributed by atoms with Gasteiger partial charge in [0.1, 0.15) is 11.4 Å². The van der Waals surface area contributed by atoms with Gasteiger partial charge in [0.25, 0.3) is 5.91 Å². The highest BCUT2D eigenvalue weighted by Crippen LogP contribution is 2.34. The predicted molar refractivity (Wildman–Crippen MR) is 125 cm³/mol. The molecule has 0 aliphatic heterocycles. The number of hydrazone groups is 1. The van der Waals surface area contributed by atoms with Crippen LogP contribution >= 0.6 is 11.6 Å². The molecule has 3 N–H and O–H groups in total. The lowest BCUT2D eigenvalue weighted by molar-refractivity contribution is 0.0950. The topological polar surface area (TPSA) is 165 Å². The van der Waals surface area contributed by atoms with Gasteiger partial charge in [0, 0.05) is 17.2 Å². The van der Waals surface area contributed by atoms with E-state index in [0.29, 0.717) is 33.4 Å². The number of nitrogens with zero attached hydrogens (tertiary/aromatic N) is 6. The van der Waals surface area contributed by atoms with Crippen LogP contribution in [0, 0.1) is 0 Å². The van der Waals surface area contributed by atoms with Crippen molar-refractivity contribution in [2.24, 2.45) is 5.10 Å². The summed E-state index contributed by atoms with van der Waals surface area (Å²) >= 11 is 6.38. The fraction of sp³-hybridized carbons (Fsp3) is 0.143. The Kier molecular flexibility index (Phi) is 6.78. The predicted octanol–water partition coefficient (Wildman–Crippen LogP) is 2.34. The number of aromatic nitrogens is 5.